The Kier molecular flexibility index (Phi) is 4.51. The first-order valence-electron chi connectivity index (χ1n) is 8.74. The third-order valence-electron chi connectivity index (χ3n) is 4.90. The molecule has 2 heterocycles. The Morgan fingerprint density at radius 2 is 1.96 bits per heavy atom. The largest absolute Gasteiger partial charge is 0.338 e. The number of nitrogens with zero attached hydrogens (tertiary/aromatic N) is 3. The number of halogens is 1. The molecule has 132 valence electrons. The summed E-state index contributed by atoms with van der Waals surface area (Å²) < 4.78 is 2.20. The Hall–Kier alpha value is -2.59. The molecule has 26 heavy (non-hydrogen) atoms. The Bertz CT molecular complexity index is 978. The topological polar surface area (TPSA) is 38.1 Å². The van der Waals surface area contributed by atoms with Gasteiger partial charge in [-0.2, -0.15) is 0 Å². The van der Waals surface area contributed by atoms with Crippen molar-refractivity contribution in [1.29, 1.82) is 0 Å². The molecule has 0 unspecified atom stereocenters. The maximum atomic E-state index is 12.3. The number of fused-ring (bicyclic) bond motifs is 1. The first kappa shape index (κ1) is 16.9. The van der Waals surface area contributed by atoms with Gasteiger partial charge in [0.15, 0.2) is 0 Å². The zero-order valence-corrected chi connectivity index (χ0v) is 15.2. The van der Waals surface area contributed by atoms with Crippen LogP contribution in [0.25, 0.3) is 11.0 Å². The van der Waals surface area contributed by atoms with Gasteiger partial charge in [0.2, 0.25) is 5.91 Å². The van der Waals surface area contributed by atoms with E-state index in [4.69, 9.17) is 16.6 Å². The number of para-hydroxylation sites is 2. The zero-order valence-electron chi connectivity index (χ0n) is 14.4. The third-order valence-corrected chi connectivity index (χ3v) is 5.27. The Morgan fingerprint density at radius 1 is 1.19 bits per heavy atom. The lowest BCUT2D eigenvalue weighted by Crippen LogP contribution is -2.25. The number of carbonyl (C=O) groups is 1. The van der Waals surface area contributed by atoms with Gasteiger partial charge in [-0.15, -0.1) is 6.58 Å². The lowest BCUT2D eigenvalue weighted by Gasteiger charge is -2.16. The van der Waals surface area contributed by atoms with E-state index in [1.807, 2.05) is 47.4 Å². The van der Waals surface area contributed by atoms with Crippen molar-refractivity contribution in [3.05, 3.63) is 77.6 Å². The van der Waals surface area contributed by atoms with Crippen molar-refractivity contribution in [2.75, 3.05) is 13.1 Å². The molecule has 3 aromatic rings. The van der Waals surface area contributed by atoms with Crippen LogP contribution in [-0.2, 0) is 11.3 Å². The molecule has 5 heteroatoms. The molecule has 1 aromatic heterocycles. The van der Waals surface area contributed by atoms with E-state index in [1.165, 1.54) is 0 Å². The van der Waals surface area contributed by atoms with Gasteiger partial charge in [0.05, 0.1) is 17.6 Å². The number of hydrogen-bond acceptors (Lipinski definition) is 2. The van der Waals surface area contributed by atoms with Crippen molar-refractivity contribution in [3.63, 3.8) is 0 Å². The molecule has 0 aliphatic carbocycles. The van der Waals surface area contributed by atoms with Crippen molar-refractivity contribution in [2.24, 2.45) is 0 Å². The van der Waals surface area contributed by atoms with Crippen molar-refractivity contribution >= 4 is 28.5 Å². The summed E-state index contributed by atoms with van der Waals surface area (Å²) in [4.78, 5) is 19.0. The van der Waals surface area contributed by atoms with Crippen LogP contribution in [-0.4, -0.2) is 33.4 Å². The first-order valence-corrected chi connectivity index (χ1v) is 9.12. The molecule has 1 aliphatic heterocycles. The highest BCUT2D eigenvalue weighted by Crippen LogP contribution is 2.31. The first-order chi connectivity index (χ1) is 12.7. The monoisotopic (exact) mass is 365 g/mol. The summed E-state index contributed by atoms with van der Waals surface area (Å²) >= 11 is 6.38. The number of rotatable bonds is 5. The number of hydrogen-bond donors (Lipinski definition) is 0. The lowest BCUT2D eigenvalue weighted by molar-refractivity contribution is -0.127. The molecule has 1 atom stereocenters. The van der Waals surface area contributed by atoms with Crippen molar-refractivity contribution in [1.82, 2.24) is 14.5 Å². The molecule has 0 radical (unpaired) electrons. The maximum Gasteiger partial charge on any atom is 0.223 e. The van der Waals surface area contributed by atoms with E-state index in [0.717, 1.165) is 27.4 Å². The second-order valence-corrected chi connectivity index (χ2v) is 7.03. The Balaban J connectivity index is 1.76. The minimum atomic E-state index is 0.0809. The highest BCUT2D eigenvalue weighted by Gasteiger charge is 2.33. The van der Waals surface area contributed by atoms with Crippen LogP contribution in [0.5, 0.6) is 0 Å². The minimum Gasteiger partial charge on any atom is -0.338 e. The summed E-state index contributed by atoms with van der Waals surface area (Å²) in [6, 6.07) is 15.9. The van der Waals surface area contributed by atoms with E-state index in [9.17, 15) is 4.79 Å². The van der Waals surface area contributed by atoms with Gasteiger partial charge in [-0.05, 0) is 23.8 Å². The second kappa shape index (κ2) is 6.96. The average Bonchev–Trinajstić information content (AvgIpc) is 3.18. The quantitative estimate of drug-likeness (QED) is 0.634. The third kappa shape index (κ3) is 3.01. The molecule has 2 aromatic carbocycles. The van der Waals surface area contributed by atoms with Crippen LogP contribution in [0.15, 0.2) is 61.2 Å². The van der Waals surface area contributed by atoms with Gasteiger partial charge in [0, 0.05) is 30.5 Å². The van der Waals surface area contributed by atoms with E-state index >= 15 is 0 Å². The van der Waals surface area contributed by atoms with Gasteiger partial charge in [-0.25, -0.2) is 4.98 Å². The number of carbonyl (C=O) groups excluding carboxylic acids is 1. The summed E-state index contributed by atoms with van der Waals surface area (Å²) in [5.41, 5.74) is 3.06. The predicted octanol–water partition coefficient (Wildman–Crippen LogP) is 4.24. The van der Waals surface area contributed by atoms with E-state index in [1.54, 1.807) is 6.08 Å². The van der Waals surface area contributed by atoms with Crippen LogP contribution in [0.1, 0.15) is 23.7 Å². The molecule has 0 N–H and O–H groups in total. The molecule has 0 bridgehead atoms. The normalized spacial score (nSPS) is 17.2. The SMILES string of the molecule is C=CCN1C[C@@H](c2nc3ccccc3n2Cc2ccccc2Cl)CC1=O. The highest BCUT2D eigenvalue weighted by molar-refractivity contribution is 6.31. The summed E-state index contributed by atoms with van der Waals surface area (Å²) in [6.45, 7) is 5.65. The standard InChI is InChI=1S/C21H20ClN3O/c1-2-11-24-13-16(12-20(24)26)21-23-18-9-5-6-10-19(18)25(21)14-15-7-3-4-8-17(15)22/h2-10,16H,1,11-14H2/t16-/m0/s1. The van der Waals surface area contributed by atoms with Gasteiger partial charge in [0.25, 0.3) is 0 Å². The Labute approximate surface area is 157 Å². The van der Waals surface area contributed by atoms with Crippen LogP contribution in [0.3, 0.4) is 0 Å². The van der Waals surface area contributed by atoms with Crippen molar-refractivity contribution in [3.8, 4) is 0 Å². The van der Waals surface area contributed by atoms with E-state index in [-0.39, 0.29) is 11.8 Å². The molecule has 4 rings (SSSR count). The number of amides is 1. The van der Waals surface area contributed by atoms with Crippen LogP contribution in [0.2, 0.25) is 5.02 Å². The fraction of sp³-hybridized carbons (Fsp3) is 0.238. The average molecular weight is 366 g/mol. The number of aromatic nitrogens is 2. The van der Waals surface area contributed by atoms with Crippen LogP contribution < -0.4 is 0 Å². The number of imidazole rings is 1. The van der Waals surface area contributed by atoms with E-state index in [2.05, 4.69) is 17.2 Å². The van der Waals surface area contributed by atoms with Gasteiger partial charge in [-0.3, -0.25) is 4.79 Å². The maximum absolute atomic E-state index is 12.3. The molecule has 1 fully saturated rings. The molecule has 0 saturated carbocycles. The van der Waals surface area contributed by atoms with Gasteiger partial charge in [-0.1, -0.05) is 48.0 Å². The van der Waals surface area contributed by atoms with Crippen LogP contribution in [0, 0.1) is 0 Å². The lowest BCUT2D eigenvalue weighted by atomic mass is 10.1. The fourth-order valence-corrected chi connectivity index (χ4v) is 3.84. The van der Waals surface area contributed by atoms with E-state index in [0.29, 0.717) is 26.1 Å². The highest BCUT2D eigenvalue weighted by atomic mass is 35.5. The fourth-order valence-electron chi connectivity index (χ4n) is 3.65. The summed E-state index contributed by atoms with van der Waals surface area (Å²) in [5.74, 6) is 1.19. The van der Waals surface area contributed by atoms with Crippen LogP contribution in [0.4, 0.5) is 0 Å². The second-order valence-electron chi connectivity index (χ2n) is 6.62. The predicted molar refractivity (Wildman–Crippen MR) is 104 cm³/mol. The van der Waals surface area contributed by atoms with Gasteiger partial charge in [0.1, 0.15) is 5.82 Å². The summed E-state index contributed by atoms with van der Waals surface area (Å²) in [5, 5.41) is 0.743. The van der Waals surface area contributed by atoms with Gasteiger partial charge < -0.3 is 9.47 Å². The number of benzene rings is 2. The molecular formula is C21H20ClN3O. The van der Waals surface area contributed by atoms with Crippen molar-refractivity contribution < 1.29 is 4.79 Å². The smallest absolute Gasteiger partial charge is 0.223 e. The molecule has 1 saturated heterocycles. The summed E-state index contributed by atoms with van der Waals surface area (Å²) in [6.07, 6.45) is 2.26. The van der Waals surface area contributed by atoms with Crippen LogP contribution >= 0.6 is 11.6 Å². The minimum absolute atomic E-state index is 0.0809. The molecule has 1 aliphatic rings. The van der Waals surface area contributed by atoms with Crippen molar-refractivity contribution in [2.45, 2.75) is 18.9 Å². The molecule has 4 nitrogen and oxygen atoms in total. The zero-order chi connectivity index (χ0) is 18.1. The molecule has 0 spiro atoms. The molecule has 1 amide bonds. The van der Waals surface area contributed by atoms with Gasteiger partial charge >= 0.3 is 0 Å². The van der Waals surface area contributed by atoms with E-state index < -0.39 is 0 Å². The summed E-state index contributed by atoms with van der Waals surface area (Å²) in [7, 11) is 0. The Morgan fingerprint density at radius 3 is 2.77 bits per heavy atom. The molecular weight excluding hydrogens is 346 g/mol. The number of likely N-dealkylation sites (tertiary alicyclic amines) is 1.